The molecule has 0 amide bonds. The van der Waals surface area contributed by atoms with Gasteiger partial charge in [0.2, 0.25) is 0 Å². The third-order valence-corrected chi connectivity index (χ3v) is 1.37. The number of methoxy groups -OCH3 is 1. The molecule has 0 aliphatic carbocycles. The number of hydrogen-bond donors (Lipinski definition) is 0. The zero-order valence-electron chi connectivity index (χ0n) is 8.71. The van der Waals surface area contributed by atoms with Crippen LogP contribution in [0.3, 0.4) is 0 Å². The maximum atomic E-state index is 5.49. The monoisotopic (exact) mass is 308 g/mol. The van der Waals surface area contributed by atoms with Crippen LogP contribution in [-0.2, 0) is 16.3 Å². The first kappa shape index (κ1) is 13.9. The van der Waals surface area contributed by atoms with Crippen LogP contribution < -0.4 is 9.47 Å². The first-order valence-corrected chi connectivity index (χ1v) is 11.2. The van der Waals surface area contributed by atoms with Crippen LogP contribution >= 0.6 is 13.6 Å². The van der Waals surface area contributed by atoms with Gasteiger partial charge >= 0.3 is 30.0 Å². The number of hydrogen-bond acceptors (Lipinski definition) is 2. The predicted octanol–water partition coefficient (Wildman–Crippen LogP) is 3.13. The molecule has 0 radical (unpaired) electrons. The third kappa shape index (κ3) is 4.97. The van der Waals surface area contributed by atoms with E-state index in [1.165, 1.54) is 16.3 Å². The van der Waals surface area contributed by atoms with Gasteiger partial charge in [0.15, 0.2) is 0 Å². The Morgan fingerprint density at radius 3 is 2.50 bits per heavy atom. The fourth-order valence-corrected chi connectivity index (χ4v) is 0.912. The summed E-state index contributed by atoms with van der Waals surface area (Å²) in [5.41, 5.74) is 0. The summed E-state index contributed by atoms with van der Waals surface area (Å²) in [5, 5.41) is 0. The van der Waals surface area contributed by atoms with Gasteiger partial charge in [0.05, 0.1) is 19.0 Å². The van der Waals surface area contributed by atoms with Gasteiger partial charge in [-0.05, 0) is 13.8 Å². The summed E-state index contributed by atoms with van der Waals surface area (Å²) in [5.74, 6) is 1.50. The summed E-state index contributed by atoms with van der Waals surface area (Å²) >= 11 is 4.25. The first-order chi connectivity index (χ1) is 6.74. The number of rotatable bonds is 3. The van der Waals surface area contributed by atoms with E-state index in [0.717, 1.165) is 11.5 Å². The summed E-state index contributed by atoms with van der Waals surface area (Å²) in [4.78, 5) is 0. The standard InChI is InChI=1S/C10H13O2.BrH.Zn/c1-8(2)12-10-7-5-4-6-9(10)11-3;;/h5-8H,1-3H3;1H;/q-1;;+2/p-1. The molecule has 0 unspecified atom stereocenters. The van der Waals surface area contributed by atoms with Crippen LogP contribution in [0.5, 0.6) is 11.5 Å². The molecule has 0 heterocycles. The molecule has 0 fully saturated rings. The van der Waals surface area contributed by atoms with Crippen molar-refractivity contribution in [1.29, 1.82) is 0 Å². The molecule has 0 N–H and O–H groups in total. The molecule has 1 aromatic rings. The second kappa shape index (κ2) is 8.25. The van der Waals surface area contributed by atoms with E-state index in [0.29, 0.717) is 0 Å². The average molecular weight is 311 g/mol. The summed E-state index contributed by atoms with van der Waals surface area (Å²) in [7, 11) is 1.62. The molecule has 14 heavy (non-hydrogen) atoms. The molecule has 0 saturated carbocycles. The van der Waals surface area contributed by atoms with E-state index in [1.807, 2.05) is 19.9 Å². The Morgan fingerprint density at radius 1 is 1.36 bits per heavy atom. The van der Waals surface area contributed by atoms with Crippen molar-refractivity contribution in [3.05, 3.63) is 24.3 Å². The first-order valence-electron chi connectivity index (χ1n) is 4.21. The molecule has 0 aromatic heterocycles. The third-order valence-electron chi connectivity index (χ3n) is 1.37. The molecule has 0 atom stereocenters. The van der Waals surface area contributed by atoms with Crippen LogP contribution in [-0.4, -0.2) is 13.2 Å². The molecule has 2 nitrogen and oxygen atoms in total. The van der Waals surface area contributed by atoms with Gasteiger partial charge in [-0.1, -0.05) is 0 Å². The summed E-state index contributed by atoms with van der Waals surface area (Å²) in [6.45, 7) is 3.96. The van der Waals surface area contributed by atoms with Crippen molar-refractivity contribution in [2.75, 3.05) is 7.11 Å². The molecule has 0 aliphatic heterocycles. The molecule has 4 heteroatoms. The Balaban J connectivity index is 0.000000791. The Labute approximate surface area is 102 Å². The molecule has 0 saturated heterocycles. The Kier molecular flexibility index (Phi) is 8.20. The number of benzene rings is 1. The van der Waals surface area contributed by atoms with Crippen molar-refractivity contribution in [3.8, 4) is 11.5 Å². The molecule has 0 spiro atoms. The van der Waals surface area contributed by atoms with Crippen LogP contribution in [0, 0.1) is 6.07 Å². The van der Waals surface area contributed by atoms with Crippen LogP contribution in [0.25, 0.3) is 0 Å². The molecular weight excluding hydrogens is 297 g/mol. The zero-order chi connectivity index (χ0) is 11.0. The second-order valence-corrected chi connectivity index (χ2v) is 2.74. The van der Waals surface area contributed by atoms with E-state index in [4.69, 9.17) is 9.47 Å². The normalized spacial score (nSPS) is 9.07. The van der Waals surface area contributed by atoms with Crippen molar-refractivity contribution in [3.63, 3.8) is 0 Å². The van der Waals surface area contributed by atoms with Gasteiger partial charge in [0.25, 0.3) is 0 Å². The van der Waals surface area contributed by atoms with Crippen molar-refractivity contribution in [2.45, 2.75) is 20.0 Å². The summed E-state index contributed by atoms with van der Waals surface area (Å²) < 4.78 is 10.6. The van der Waals surface area contributed by atoms with E-state index in [9.17, 15) is 0 Å². The van der Waals surface area contributed by atoms with Gasteiger partial charge in [0, 0.05) is 5.75 Å². The topological polar surface area (TPSA) is 18.5 Å². The van der Waals surface area contributed by atoms with Crippen molar-refractivity contribution >= 4 is 13.6 Å². The van der Waals surface area contributed by atoms with Crippen molar-refractivity contribution < 1.29 is 25.8 Å². The van der Waals surface area contributed by atoms with E-state index in [2.05, 4.69) is 19.7 Å². The maximum absolute atomic E-state index is 5.49. The van der Waals surface area contributed by atoms with Gasteiger partial charge in [-0.15, -0.1) is 12.1 Å². The molecule has 74 valence electrons. The van der Waals surface area contributed by atoms with Gasteiger partial charge < -0.3 is 9.47 Å². The van der Waals surface area contributed by atoms with Crippen LogP contribution in [0.2, 0.25) is 0 Å². The van der Waals surface area contributed by atoms with Crippen LogP contribution in [0.4, 0.5) is 0 Å². The fourth-order valence-electron chi connectivity index (χ4n) is 0.912. The van der Waals surface area contributed by atoms with E-state index >= 15 is 0 Å². The quantitative estimate of drug-likeness (QED) is 0.631. The van der Waals surface area contributed by atoms with Gasteiger partial charge in [-0.25, -0.2) is 0 Å². The minimum atomic E-state index is 0.168. The Hall–Kier alpha value is -0.0766. The molecule has 0 bridgehead atoms. The average Bonchev–Trinajstić information content (AvgIpc) is 2.21. The van der Waals surface area contributed by atoms with Crippen LogP contribution in [0.1, 0.15) is 13.8 Å². The summed E-state index contributed by atoms with van der Waals surface area (Å²) in [6.07, 6.45) is 0.168. The van der Waals surface area contributed by atoms with Gasteiger partial charge in [-0.2, -0.15) is 12.1 Å². The SMILES string of the molecule is COc1c[c-]ccc1OC(C)C.[Zn+][Br]. The summed E-state index contributed by atoms with van der Waals surface area (Å²) in [6, 6.07) is 8.33. The van der Waals surface area contributed by atoms with E-state index < -0.39 is 0 Å². The van der Waals surface area contributed by atoms with Crippen molar-refractivity contribution in [1.82, 2.24) is 0 Å². The van der Waals surface area contributed by atoms with E-state index in [1.54, 1.807) is 19.2 Å². The zero-order valence-corrected chi connectivity index (χ0v) is 13.3. The Morgan fingerprint density at radius 2 is 2.00 bits per heavy atom. The van der Waals surface area contributed by atoms with Crippen molar-refractivity contribution in [2.24, 2.45) is 0 Å². The minimum absolute atomic E-state index is 0.168. The van der Waals surface area contributed by atoms with Gasteiger partial charge in [0.1, 0.15) is 0 Å². The van der Waals surface area contributed by atoms with Gasteiger partial charge in [-0.3, -0.25) is 0 Å². The van der Waals surface area contributed by atoms with E-state index in [-0.39, 0.29) is 6.10 Å². The second-order valence-electron chi connectivity index (χ2n) is 2.74. The molecule has 0 aliphatic rings. The molecule has 1 rings (SSSR count). The predicted molar refractivity (Wildman–Crippen MR) is 56.5 cm³/mol. The van der Waals surface area contributed by atoms with Crippen LogP contribution in [0.15, 0.2) is 18.2 Å². The number of ether oxygens (including phenoxy) is 2. The molecular formula is C10H13BrO2Zn. The number of halogens is 1. The fraction of sp³-hybridized carbons (Fsp3) is 0.400. The molecule has 1 aromatic carbocycles. The Bertz CT molecular complexity index is 254.